The van der Waals surface area contributed by atoms with E-state index < -0.39 is 30.6 Å². The standard InChI is InChI=1S/C12H14O8/c13-6-2-1-5(11(17)18)3-8(6)20-12-10(16)9(15)7(14)4-19-12/h1-3,7,9-10,12-16H,4H2,(H,17,18)/t7-,9-,10+,12-/m0/s1. The number of carboxylic acids is 1. The van der Waals surface area contributed by atoms with Crippen LogP contribution in [-0.2, 0) is 4.74 Å². The Bertz CT molecular complexity index is 502. The molecule has 1 saturated heterocycles. The summed E-state index contributed by atoms with van der Waals surface area (Å²) in [5.41, 5.74) is -0.122. The lowest BCUT2D eigenvalue weighted by Gasteiger charge is -2.35. The largest absolute Gasteiger partial charge is 0.504 e. The molecule has 2 rings (SSSR count). The molecule has 0 aromatic heterocycles. The van der Waals surface area contributed by atoms with E-state index >= 15 is 0 Å². The Kier molecular flexibility index (Phi) is 4.09. The Hall–Kier alpha value is -1.87. The summed E-state index contributed by atoms with van der Waals surface area (Å²) in [6, 6.07) is 3.37. The number of aromatic hydroxyl groups is 1. The molecule has 0 spiro atoms. The van der Waals surface area contributed by atoms with E-state index in [1.165, 1.54) is 6.07 Å². The normalized spacial score (nSPS) is 29.9. The first-order valence-corrected chi connectivity index (χ1v) is 5.79. The van der Waals surface area contributed by atoms with Crippen molar-refractivity contribution in [2.45, 2.75) is 24.6 Å². The molecule has 5 N–H and O–H groups in total. The highest BCUT2D eigenvalue weighted by atomic mass is 16.7. The first-order valence-electron chi connectivity index (χ1n) is 5.79. The zero-order valence-corrected chi connectivity index (χ0v) is 10.2. The van der Waals surface area contributed by atoms with Crippen LogP contribution in [-0.4, -0.2) is 62.7 Å². The lowest BCUT2D eigenvalue weighted by molar-refractivity contribution is -0.242. The third-order valence-corrected chi connectivity index (χ3v) is 2.90. The second kappa shape index (κ2) is 5.63. The van der Waals surface area contributed by atoms with Crippen LogP contribution in [0, 0.1) is 0 Å². The zero-order valence-electron chi connectivity index (χ0n) is 10.2. The van der Waals surface area contributed by atoms with Gasteiger partial charge in [0.2, 0.25) is 6.29 Å². The fourth-order valence-electron chi connectivity index (χ4n) is 1.75. The fourth-order valence-corrected chi connectivity index (χ4v) is 1.75. The molecule has 20 heavy (non-hydrogen) atoms. The summed E-state index contributed by atoms with van der Waals surface area (Å²) in [5.74, 6) is -1.76. The molecule has 0 amide bonds. The molecule has 0 aliphatic carbocycles. The van der Waals surface area contributed by atoms with Crippen LogP contribution in [0.2, 0.25) is 0 Å². The van der Waals surface area contributed by atoms with Gasteiger partial charge in [-0.05, 0) is 18.2 Å². The summed E-state index contributed by atoms with van der Waals surface area (Å²) in [7, 11) is 0. The molecular weight excluding hydrogens is 272 g/mol. The van der Waals surface area contributed by atoms with E-state index in [4.69, 9.17) is 14.6 Å². The van der Waals surface area contributed by atoms with Crippen LogP contribution < -0.4 is 4.74 Å². The van der Waals surface area contributed by atoms with Gasteiger partial charge >= 0.3 is 5.97 Å². The highest BCUT2D eigenvalue weighted by Gasteiger charge is 2.39. The van der Waals surface area contributed by atoms with Gasteiger partial charge in [-0.15, -0.1) is 0 Å². The number of aliphatic hydroxyl groups is 3. The van der Waals surface area contributed by atoms with Crippen LogP contribution >= 0.6 is 0 Å². The molecule has 0 bridgehead atoms. The number of aliphatic hydroxyl groups excluding tert-OH is 3. The van der Waals surface area contributed by atoms with Gasteiger partial charge in [0, 0.05) is 0 Å². The monoisotopic (exact) mass is 286 g/mol. The van der Waals surface area contributed by atoms with Crippen molar-refractivity contribution in [1.82, 2.24) is 0 Å². The Morgan fingerprint density at radius 3 is 2.60 bits per heavy atom. The molecule has 0 saturated carbocycles. The Labute approximate surface area is 113 Å². The summed E-state index contributed by atoms with van der Waals surface area (Å²) in [6.07, 6.45) is -5.57. The van der Waals surface area contributed by atoms with Crippen molar-refractivity contribution in [3.05, 3.63) is 23.8 Å². The minimum absolute atomic E-state index is 0.122. The molecule has 1 aromatic rings. The molecule has 1 aliphatic rings. The summed E-state index contributed by atoms with van der Waals surface area (Å²) < 4.78 is 10.1. The molecule has 1 fully saturated rings. The average molecular weight is 286 g/mol. The molecule has 110 valence electrons. The molecule has 0 radical (unpaired) electrons. The highest BCUT2D eigenvalue weighted by Crippen LogP contribution is 2.30. The number of phenols is 1. The lowest BCUT2D eigenvalue weighted by atomic mass is 10.1. The first kappa shape index (κ1) is 14.5. The van der Waals surface area contributed by atoms with E-state index in [-0.39, 0.29) is 23.7 Å². The third kappa shape index (κ3) is 2.83. The lowest BCUT2D eigenvalue weighted by Crippen LogP contribution is -2.54. The third-order valence-electron chi connectivity index (χ3n) is 2.90. The minimum atomic E-state index is -1.54. The number of hydrogen-bond acceptors (Lipinski definition) is 7. The second-order valence-corrected chi connectivity index (χ2v) is 4.36. The van der Waals surface area contributed by atoms with Gasteiger partial charge in [-0.1, -0.05) is 0 Å². The molecular formula is C12H14O8. The van der Waals surface area contributed by atoms with E-state index in [2.05, 4.69) is 0 Å². The minimum Gasteiger partial charge on any atom is -0.504 e. The molecule has 8 nitrogen and oxygen atoms in total. The van der Waals surface area contributed by atoms with Gasteiger partial charge in [0.15, 0.2) is 11.5 Å². The molecule has 4 atom stereocenters. The Balaban J connectivity index is 2.17. The number of rotatable bonds is 3. The van der Waals surface area contributed by atoms with Gasteiger partial charge in [0.05, 0.1) is 12.2 Å². The SMILES string of the molecule is O=C(O)c1ccc(O)c(O[C@@H]2OC[C@H](O)[C@H](O)[C@H]2O)c1. The van der Waals surface area contributed by atoms with Crippen LogP contribution in [0.1, 0.15) is 10.4 Å². The maximum atomic E-state index is 10.8. The average Bonchev–Trinajstić information content (AvgIpc) is 2.41. The van der Waals surface area contributed by atoms with Gasteiger partial charge in [-0.25, -0.2) is 4.79 Å². The Morgan fingerprint density at radius 2 is 1.95 bits per heavy atom. The first-order chi connectivity index (χ1) is 9.40. The number of carboxylic acid groups (broad SMARTS) is 1. The van der Waals surface area contributed by atoms with E-state index in [0.29, 0.717) is 0 Å². The quantitative estimate of drug-likeness (QED) is 0.472. The number of hydrogen-bond donors (Lipinski definition) is 5. The van der Waals surface area contributed by atoms with Gasteiger partial charge in [0.25, 0.3) is 0 Å². The van der Waals surface area contributed by atoms with Gasteiger partial charge in [-0.2, -0.15) is 0 Å². The maximum Gasteiger partial charge on any atom is 0.335 e. The molecule has 0 unspecified atom stereocenters. The zero-order chi connectivity index (χ0) is 14.9. The molecule has 1 heterocycles. The summed E-state index contributed by atoms with van der Waals surface area (Å²) >= 11 is 0. The van der Waals surface area contributed by atoms with Crippen molar-refractivity contribution in [3.63, 3.8) is 0 Å². The predicted octanol–water partition coefficient (Wildman–Crippen LogP) is -1.09. The molecule has 8 heteroatoms. The van der Waals surface area contributed by atoms with Crippen LogP contribution in [0.25, 0.3) is 0 Å². The number of phenolic OH excluding ortho intramolecular Hbond substituents is 1. The molecule has 1 aromatic carbocycles. The Morgan fingerprint density at radius 1 is 1.25 bits per heavy atom. The van der Waals surface area contributed by atoms with Crippen molar-refractivity contribution < 1.29 is 39.8 Å². The molecule has 1 aliphatic heterocycles. The number of aromatic carboxylic acids is 1. The van der Waals surface area contributed by atoms with Gasteiger partial charge in [-0.3, -0.25) is 0 Å². The summed E-state index contributed by atoms with van der Waals surface area (Å²) in [5, 5.41) is 46.9. The van der Waals surface area contributed by atoms with Crippen molar-refractivity contribution in [1.29, 1.82) is 0 Å². The number of ether oxygens (including phenoxy) is 2. The van der Waals surface area contributed by atoms with E-state index in [1.54, 1.807) is 0 Å². The van der Waals surface area contributed by atoms with Gasteiger partial charge in [0.1, 0.15) is 18.3 Å². The van der Waals surface area contributed by atoms with Crippen molar-refractivity contribution >= 4 is 5.97 Å². The number of benzene rings is 1. The van der Waals surface area contributed by atoms with Crippen molar-refractivity contribution in [3.8, 4) is 11.5 Å². The predicted molar refractivity (Wildman–Crippen MR) is 63.5 cm³/mol. The number of carbonyl (C=O) groups is 1. The van der Waals surface area contributed by atoms with Crippen LogP contribution in [0.5, 0.6) is 11.5 Å². The second-order valence-electron chi connectivity index (χ2n) is 4.36. The van der Waals surface area contributed by atoms with Crippen LogP contribution in [0.15, 0.2) is 18.2 Å². The fraction of sp³-hybridized carbons (Fsp3) is 0.417. The topological polar surface area (TPSA) is 137 Å². The summed E-state index contributed by atoms with van der Waals surface area (Å²) in [6.45, 7) is -0.262. The van der Waals surface area contributed by atoms with Gasteiger partial charge < -0.3 is 35.0 Å². The maximum absolute atomic E-state index is 10.8. The van der Waals surface area contributed by atoms with E-state index in [0.717, 1.165) is 12.1 Å². The van der Waals surface area contributed by atoms with E-state index in [1.807, 2.05) is 0 Å². The van der Waals surface area contributed by atoms with E-state index in [9.17, 15) is 25.2 Å². The summed E-state index contributed by atoms with van der Waals surface area (Å²) in [4.78, 5) is 10.8. The van der Waals surface area contributed by atoms with Crippen LogP contribution in [0.4, 0.5) is 0 Å². The van der Waals surface area contributed by atoms with Crippen LogP contribution in [0.3, 0.4) is 0 Å². The smallest absolute Gasteiger partial charge is 0.335 e. The highest BCUT2D eigenvalue weighted by molar-refractivity contribution is 5.88. The van der Waals surface area contributed by atoms with Crippen molar-refractivity contribution in [2.75, 3.05) is 6.61 Å². The van der Waals surface area contributed by atoms with Crippen molar-refractivity contribution in [2.24, 2.45) is 0 Å².